The molecule has 1 heterocycles. The van der Waals surface area contributed by atoms with Crippen LogP contribution in [0.2, 0.25) is 5.02 Å². The van der Waals surface area contributed by atoms with Crippen LogP contribution in [0.1, 0.15) is 28.8 Å². The molecule has 1 fully saturated rings. The molecule has 0 radical (unpaired) electrons. The number of benzene rings is 1. The number of aryl methyl sites for hydroxylation is 1. The summed E-state index contributed by atoms with van der Waals surface area (Å²) in [7, 11) is 0. The van der Waals surface area contributed by atoms with Crippen molar-refractivity contribution >= 4 is 17.5 Å². The minimum atomic E-state index is -0.0199. The Kier molecular flexibility index (Phi) is 4.61. The topological polar surface area (TPSA) is 41.1 Å². The van der Waals surface area contributed by atoms with Gasteiger partial charge in [-0.15, -0.1) is 0 Å². The molecule has 0 spiro atoms. The predicted octanol–water partition coefficient (Wildman–Crippen LogP) is 2.38. The molecular formula is C14H19ClN2O. The van der Waals surface area contributed by atoms with Gasteiger partial charge >= 0.3 is 0 Å². The lowest BCUT2D eigenvalue weighted by atomic mass is 9.98. The first-order chi connectivity index (χ1) is 8.66. The summed E-state index contributed by atoms with van der Waals surface area (Å²) in [6.45, 7) is 4.79. The summed E-state index contributed by atoms with van der Waals surface area (Å²) in [5, 5.41) is 6.94. The van der Waals surface area contributed by atoms with E-state index < -0.39 is 0 Å². The number of halogens is 1. The number of carbonyl (C=O) groups is 1. The van der Waals surface area contributed by atoms with Gasteiger partial charge in [-0.25, -0.2) is 0 Å². The van der Waals surface area contributed by atoms with Crippen LogP contribution in [0.5, 0.6) is 0 Å². The van der Waals surface area contributed by atoms with Crippen molar-refractivity contribution in [1.82, 2.24) is 10.6 Å². The van der Waals surface area contributed by atoms with E-state index in [2.05, 4.69) is 10.6 Å². The fourth-order valence-corrected chi connectivity index (χ4v) is 2.43. The first kappa shape index (κ1) is 13.4. The van der Waals surface area contributed by atoms with Gasteiger partial charge in [0.2, 0.25) is 0 Å². The average Bonchev–Trinajstić information content (AvgIpc) is 2.40. The Morgan fingerprint density at radius 3 is 2.89 bits per heavy atom. The lowest BCUT2D eigenvalue weighted by Crippen LogP contribution is -2.36. The zero-order valence-electron chi connectivity index (χ0n) is 10.6. The van der Waals surface area contributed by atoms with E-state index in [1.807, 2.05) is 13.0 Å². The molecule has 0 atom stereocenters. The van der Waals surface area contributed by atoms with Gasteiger partial charge in [0, 0.05) is 17.1 Å². The Hall–Kier alpha value is -1.06. The summed E-state index contributed by atoms with van der Waals surface area (Å²) < 4.78 is 0. The summed E-state index contributed by atoms with van der Waals surface area (Å²) in [5.74, 6) is 0.572. The van der Waals surface area contributed by atoms with Crippen molar-refractivity contribution in [2.75, 3.05) is 19.6 Å². The molecule has 0 aliphatic carbocycles. The molecule has 2 rings (SSSR count). The van der Waals surface area contributed by atoms with Crippen molar-refractivity contribution < 1.29 is 4.79 Å². The maximum absolute atomic E-state index is 12.1. The van der Waals surface area contributed by atoms with Gasteiger partial charge in [-0.2, -0.15) is 0 Å². The molecule has 0 aromatic heterocycles. The van der Waals surface area contributed by atoms with Crippen LogP contribution in [0.15, 0.2) is 18.2 Å². The Morgan fingerprint density at radius 2 is 2.17 bits per heavy atom. The SMILES string of the molecule is Cc1ccc(Cl)cc1C(=O)NCC1CCNCC1. The fourth-order valence-electron chi connectivity index (χ4n) is 2.26. The van der Waals surface area contributed by atoms with Gasteiger partial charge in [-0.1, -0.05) is 17.7 Å². The molecule has 98 valence electrons. The van der Waals surface area contributed by atoms with Crippen LogP contribution in [0.25, 0.3) is 0 Å². The van der Waals surface area contributed by atoms with E-state index in [9.17, 15) is 4.79 Å². The smallest absolute Gasteiger partial charge is 0.251 e. The molecular weight excluding hydrogens is 248 g/mol. The molecule has 1 aliphatic rings. The second-order valence-corrected chi connectivity index (χ2v) is 5.30. The number of nitrogens with one attached hydrogen (secondary N) is 2. The van der Waals surface area contributed by atoms with Gasteiger partial charge in [0.05, 0.1) is 0 Å². The minimum absolute atomic E-state index is 0.0199. The van der Waals surface area contributed by atoms with E-state index in [0.717, 1.165) is 38.0 Å². The summed E-state index contributed by atoms with van der Waals surface area (Å²) in [4.78, 5) is 12.1. The normalized spacial score (nSPS) is 16.6. The molecule has 0 saturated carbocycles. The average molecular weight is 267 g/mol. The summed E-state index contributed by atoms with van der Waals surface area (Å²) in [5.41, 5.74) is 1.64. The third kappa shape index (κ3) is 3.47. The van der Waals surface area contributed by atoms with Gasteiger partial charge in [0.25, 0.3) is 5.91 Å². The molecule has 1 saturated heterocycles. The van der Waals surface area contributed by atoms with Crippen LogP contribution >= 0.6 is 11.6 Å². The lowest BCUT2D eigenvalue weighted by Gasteiger charge is -2.22. The molecule has 4 heteroatoms. The minimum Gasteiger partial charge on any atom is -0.352 e. The molecule has 1 aliphatic heterocycles. The van der Waals surface area contributed by atoms with Crippen molar-refractivity contribution in [3.05, 3.63) is 34.3 Å². The molecule has 0 bridgehead atoms. The monoisotopic (exact) mass is 266 g/mol. The molecule has 1 aromatic rings. The van der Waals surface area contributed by atoms with E-state index in [0.29, 0.717) is 16.5 Å². The van der Waals surface area contributed by atoms with Gasteiger partial charge < -0.3 is 10.6 Å². The second-order valence-electron chi connectivity index (χ2n) is 4.86. The third-order valence-corrected chi connectivity index (χ3v) is 3.69. The van der Waals surface area contributed by atoms with Crippen LogP contribution in [-0.4, -0.2) is 25.5 Å². The highest BCUT2D eigenvalue weighted by Gasteiger charge is 2.15. The first-order valence-electron chi connectivity index (χ1n) is 6.42. The maximum atomic E-state index is 12.1. The number of hydrogen-bond donors (Lipinski definition) is 2. The number of amides is 1. The number of piperidine rings is 1. The maximum Gasteiger partial charge on any atom is 0.251 e. The van der Waals surface area contributed by atoms with Gasteiger partial charge in [-0.05, 0) is 56.5 Å². The molecule has 0 unspecified atom stereocenters. The lowest BCUT2D eigenvalue weighted by molar-refractivity contribution is 0.0943. The van der Waals surface area contributed by atoms with Crippen molar-refractivity contribution in [2.24, 2.45) is 5.92 Å². The highest BCUT2D eigenvalue weighted by molar-refractivity contribution is 6.31. The van der Waals surface area contributed by atoms with Gasteiger partial charge in [-0.3, -0.25) is 4.79 Å². The molecule has 2 N–H and O–H groups in total. The van der Waals surface area contributed by atoms with E-state index in [1.54, 1.807) is 12.1 Å². The highest BCUT2D eigenvalue weighted by Crippen LogP contribution is 2.16. The van der Waals surface area contributed by atoms with Crippen LogP contribution in [0.4, 0.5) is 0 Å². The van der Waals surface area contributed by atoms with Crippen LogP contribution in [-0.2, 0) is 0 Å². The van der Waals surface area contributed by atoms with Crippen molar-refractivity contribution in [2.45, 2.75) is 19.8 Å². The van der Waals surface area contributed by atoms with E-state index in [4.69, 9.17) is 11.6 Å². The summed E-state index contributed by atoms with van der Waals surface area (Å²) in [6, 6.07) is 5.41. The van der Waals surface area contributed by atoms with E-state index >= 15 is 0 Å². The quantitative estimate of drug-likeness (QED) is 0.882. The first-order valence-corrected chi connectivity index (χ1v) is 6.79. The van der Waals surface area contributed by atoms with E-state index in [-0.39, 0.29) is 5.91 Å². The molecule has 1 aromatic carbocycles. The zero-order valence-corrected chi connectivity index (χ0v) is 11.4. The number of rotatable bonds is 3. The van der Waals surface area contributed by atoms with Crippen molar-refractivity contribution in [3.63, 3.8) is 0 Å². The largest absolute Gasteiger partial charge is 0.352 e. The Labute approximate surface area is 113 Å². The zero-order chi connectivity index (χ0) is 13.0. The van der Waals surface area contributed by atoms with Crippen molar-refractivity contribution in [3.8, 4) is 0 Å². The van der Waals surface area contributed by atoms with E-state index in [1.165, 1.54) is 0 Å². The fraction of sp³-hybridized carbons (Fsp3) is 0.500. The Bertz CT molecular complexity index is 428. The van der Waals surface area contributed by atoms with Crippen molar-refractivity contribution in [1.29, 1.82) is 0 Å². The Balaban J connectivity index is 1.92. The third-order valence-electron chi connectivity index (χ3n) is 3.45. The number of carbonyl (C=O) groups excluding carboxylic acids is 1. The summed E-state index contributed by atoms with van der Waals surface area (Å²) >= 11 is 5.92. The highest BCUT2D eigenvalue weighted by atomic mass is 35.5. The predicted molar refractivity (Wildman–Crippen MR) is 74.1 cm³/mol. The summed E-state index contributed by atoms with van der Waals surface area (Å²) in [6.07, 6.45) is 2.27. The van der Waals surface area contributed by atoms with Gasteiger partial charge in [0.15, 0.2) is 0 Å². The standard InChI is InChI=1S/C14H19ClN2O/c1-10-2-3-12(15)8-13(10)14(18)17-9-11-4-6-16-7-5-11/h2-3,8,11,16H,4-7,9H2,1H3,(H,17,18). The van der Waals surface area contributed by atoms with Crippen LogP contribution < -0.4 is 10.6 Å². The Morgan fingerprint density at radius 1 is 1.44 bits per heavy atom. The molecule has 3 nitrogen and oxygen atoms in total. The van der Waals surface area contributed by atoms with Crippen LogP contribution in [0, 0.1) is 12.8 Å². The van der Waals surface area contributed by atoms with Crippen LogP contribution in [0.3, 0.4) is 0 Å². The molecule has 1 amide bonds. The second kappa shape index (κ2) is 6.21. The molecule has 18 heavy (non-hydrogen) atoms. The van der Waals surface area contributed by atoms with Gasteiger partial charge in [0.1, 0.15) is 0 Å². The number of hydrogen-bond acceptors (Lipinski definition) is 2.